The Hall–Kier alpha value is 0.380. The van der Waals surface area contributed by atoms with Crippen LogP contribution in [0.1, 0.15) is 0 Å². The number of nitrogens with zero attached hydrogens (tertiary/aromatic N) is 1. The summed E-state index contributed by atoms with van der Waals surface area (Å²) >= 11 is 0. The van der Waals surface area contributed by atoms with Crippen LogP contribution in [0.25, 0.3) is 0 Å². The Morgan fingerprint density at radius 2 is 1.36 bits per heavy atom. The van der Waals surface area contributed by atoms with Crippen LogP contribution in [0.2, 0.25) is 0 Å². The molecule has 11 heavy (non-hydrogen) atoms. The van der Waals surface area contributed by atoms with Crippen molar-refractivity contribution in [3.05, 3.63) is 0 Å². The molecule has 0 aromatic rings. The lowest BCUT2D eigenvalue weighted by molar-refractivity contribution is -0.276. The molecule has 0 amide bonds. The molecule has 0 spiro atoms. The Morgan fingerprint density at radius 1 is 1.00 bits per heavy atom. The second-order valence-electron chi connectivity index (χ2n) is 1.33. The maximum Gasteiger partial charge on any atom is 0.478 e. The molecule has 0 fully saturated rings. The molecule has 9 heteroatoms. The van der Waals surface area contributed by atoms with Gasteiger partial charge in [-0.1, -0.05) is 0 Å². The van der Waals surface area contributed by atoms with Gasteiger partial charge < -0.3 is 0 Å². The number of alkyl halides is 5. The van der Waals surface area contributed by atoms with Gasteiger partial charge in [0.2, 0.25) is 0 Å². The first kappa shape index (κ1) is 11.4. The third-order valence-corrected chi connectivity index (χ3v) is 1.31. The molecule has 0 unspecified atom stereocenters. The predicted molar refractivity (Wildman–Crippen MR) is 32.5 cm³/mol. The van der Waals surface area contributed by atoms with Crippen LogP contribution in [0.4, 0.5) is 22.0 Å². The Labute approximate surface area is 69.6 Å². The average molecular weight is 236 g/mol. The van der Waals surface area contributed by atoms with Crippen molar-refractivity contribution in [1.29, 1.82) is 0 Å². The van der Waals surface area contributed by atoms with Crippen molar-refractivity contribution in [1.82, 2.24) is 0 Å². The quantitative estimate of drug-likeness (QED) is 0.489. The Balaban J connectivity index is 4.61. The molecule has 0 rings (SSSR count). The first-order valence-electron chi connectivity index (χ1n) is 1.91. The van der Waals surface area contributed by atoms with Crippen molar-refractivity contribution in [2.45, 2.75) is 12.2 Å². The lowest BCUT2D eigenvalue weighted by Crippen LogP contribution is -2.34. The third-order valence-electron chi connectivity index (χ3n) is 0.525. The summed E-state index contributed by atoms with van der Waals surface area (Å²) in [7, 11) is 6.90. The number of hydrogen-bond acceptors (Lipinski definition) is 1. The predicted octanol–water partition coefficient (Wildman–Crippen LogP) is 3.25. The van der Waals surface area contributed by atoms with E-state index >= 15 is 0 Å². The first-order valence-corrected chi connectivity index (χ1v) is 4.74. The highest BCUT2D eigenvalue weighted by Gasteiger charge is 2.58. The van der Waals surface area contributed by atoms with Gasteiger partial charge in [0.25, 0.3) is 0 Å². The maximum atomic E-state index is 11.7. The van der Waals surface area contributed by atoms with Gasteiger partial charge in [0.1, 0.15) is 0 Å². The average Bonchev–Trinajstić information content (AvgIpc) is 1.56. The Kier molecular flexibility index (Phi) is 3.52. The van der Waals surface area contributed by atoms with Crippen molar-refractivity contribution in [2.75, 3.05) is 0 Å². The summed E-state index contributed by atoms with van der Waals surface area (Å²) in [5.74, 6) is 0. The van der Waals surface area contributed by atoms with E-state index in [-0.39, 0.29) is 0 Å². The van der Waals surface area contributed by atoms with Crippen molar-refractivity contribution < 1.29 is 22.0 Å². The second-order valence-corrected chi connectivity index (χ2v) is 4.13. The van der Waals surface area contributed by atoms with Crippen molar-refractivity contribution >= 4 is 30.5 Å². The van der Waals surface area contributed by atoms with Gasteiger partial charge in [-0.2, -0.15) is 26.3 Å². The molecule has 0 bridgehead atoms. The maximum absolute atomic E-state index is 11.7. The molecule has 1 nitrogen and oxygen atoms in total. The minimum absolute atomic E-state index is 1.78. The highest BCUT2D eigenvalue weighted by molar-refractivity contribution is 8.28. The van der Waals surface area contributed by atoms with Gasteiger partial charge in [-0.15, -0.1) is 0 Å². The van der Waals surface area contributed by atoms with Gasteiger partial charge in [0.15, 0.2) is 0 Å². The summed E-state index contributed by atoms with van der Waals surface area (Å²) in [6.45, 7) is 0. The van der Waals surface area contributed by atoms with Crippen LogP contribution in [-0.2, 0) is 9.12 Å². The van der Waals surface area contributed by atoms with E-state index in [4.69, 9.17) is 0 Å². The van der Waals surface area contributed by atoms with Gasteiger partial charge in [0, 0.05) is 0 Å². The summed E-state index contributed by atoms with van der Waals surface area (Å²) in [5, 5.41) is 0. The van der Waals surface area contributed by atoms with Crippen molar-refractivity contribution in [3.8, 4) is 0 Å². The van der Waals surface area contributed by atoms with Gasteiger partial charge in [-0.3, -0.25) is 0 Å². The molecule has 0 aliphatic carbocycles. The van der Waals surface area contributed by atoms with E-state index in [1.54, 1.807) is 4.36 Å². The minimum atomic E-state index is -5.73. The molecular weight excluding hydrogens is 236 g/mol. The van der Waals surface area contributed by atoms with Gasteiger partial charge >= 0.3 is 12.2 Å². The summed E-state index contributed by atoms with van der Waals surface area (Å²) in [5.41, 5.74) is 0. The number of rotatable bonds is 1. The molecule has 0 aromatic heterocycles. The summed E-state index contributed by atoms with van der Waals surface area (Å²) in [6.07, 6.45) is -5.73. The third kappa shape index (κ3) is 3.53. The molecule has 0 radical (unpaired) electrons. The zero-order chi connectivity index (χ0) is 9.28. The van der Waals surface area contributed by atoms with E-state index in [0.717, 1.165) is 0 Å². The first-order chi connectivity index (χ1) is 4.67. The minimum Gasteiger partial charge on any atom is -0.170 e. The monoisotopic (exact) mass is 235 g/mol. The number of hydrogen-bond donors (Lipinski definition) is 0. The van der Waals surface area contributed by atoms with Crippen LogP contribution in [-0.4, -0.2) is 12.2 Å². The molecule has 0 atom stereocenters. The van der Waals surface area contributed by atoms with Crippen LogP contribution in [0.3, 0.4) is 0 Å². The topological polar surface area (TPSA) is 12.4 Å². The van der Waals surface area contributed by atoms with Crippen LogP contribution < -0.4 is 0 Å². The molecule has 0 aliphatic heterocycles. The van der Waals surface area contributed by atoms with E-state index in [9.17, 15) is 22.0 Å². The normalized spacial score (nSPS) is 13.8. The fraction of sp³-hybridized carbons (Fsp3) is 1.00. The van der Waals surface area contributed by atoms with E-state index in [2.05, 4.69) is 21.4 Å². The lowest BCUT2D eigenvalue weighted by Gasteiger charge is -2.13. The molecule has 0 N–H and O–H groups in total. The van der Waals surface area contributed by atoms with E-state index in [1.165, 1.54) is 0 Å². The Bertz CT molecular complexity index is 172. The molecule has 0 saturated carbocycles. The SMILES string of the molecule is FC(F)(F)C(F)(F)N=S(Cl)Cl. The Morgan fingerprint density at radius 3 is 1.45 bits per heavy atom. The van der Waals surface area contributed by atoms with Gasteiger partial charge in [-0.05, 0) is 21.4 Å². The standard InChI is InChI=1S/C2Cl2F5NS/c3-11(4)10-2(8,9)1(5,6)7. The zero-order valence-electron chi connectivity index (χ0n) is 4.50. The zero-order valence-corrected chi connectivity index (χ0v) is 6.83. The molecule has 0 heterocycles. The summed E-state index contributed by atoms with van der Waals surface area (Å²) < 4.78 is 58.9. The van der Waals surface area contributed by atoms with Crippen molar-refractivity contribution in [2.24, 2.45) is 4.36 Å². The molecule has 0 aliphatic rings. The lowest BCUT2D eigenvalue weighted by atomic mass is 10.6. The highest BCUT2D eigenvalue weighted by atomic mass is 36.0. The van der Waals surface area contributed by atoms with Crippen LogP contribution >= 0.6 is 21.4 Å². The van der Waals surface area contributed by atoms with Crippen LogP contribution in [0.15, 0.2) is 4.36 Å². The molecule has 68 valence electrons. The van der Waals surface area contributed by atoms with Gasteiger partial charge in [-0.25, -0.2) is 0 Å². The van der Waals surface area contributed by atoms with Crippen molar-refractivity contribution in [3.63, 3.8) is 0 Å². The fourth-order valence-electron chi connectivity index (χ4n) is 0.138. The number of halogens is 7. The largest absolute Gasteiger partial charge is 0.478 e. The van der Waals surface area contributed by atoms with Crippen LogP contribution in [0, 0.1) is 0 Å². The molecule has 0 aromatic carbocycles. The highest BCUT2D eigenvalue weighted by Crippen LogP contribution is 2.37. The van der Waals surface area contributed by atoms with E-state index < -0.39 is 21.3 Å². The smallest absolute Gasteiger partial charge is 0.170 e. The molecule has 0 saturated heterocycles. The summed E-state index contributed by atoms with van der Waals surface area (Å²) in [4.78, 5) is 0. The fourth-order valence-corrected chi connectivity index (χ4v) is 0.935. The second kappa shape index (κ2) is 3.40. The van der Waals surface area contributed by atoms with E-state index in [0.29, 0.717) is 0 Å². The van der Waals surface area contributed by atoms with Gasteiger partial charge in [0.05, 0.1) is 9.12 Å². The van der Waals surface area contributed by atoms with E-state index in [1.807, 2.05) is 0 Å². The van der Waals surface area contributed by atoms with Crippen LogP contribution in [0.5, 0.6) is 0 Å². The molecular formula is C2Cl2F5NS. The summed E-state index contributed by atoms with van der Waals surface area (Å²) in [6, 6.07) is -5.17.